The highest BCUT2D eigenvalue weighted by molar-refractivity contribution is 5.84. The second-order valence-corrected chi connectivity index (χ2v) is 4.39. The highest BCUT2D eigenvalue weighted by Crippen LogP contribution is 2.11. The predicted octanol–water partition coefficient (Wildman–Crippen LogP) is -0.454. The maximum absolute atomic E-state index is 11.8. The van der Waals surface area contributed by atoms with Gasteiger partial charge < -0.3 is 19.9 Å². The highest BCUT2D eigenvalue weighted by Gasteiger charge is 2.20. The molecular formula is C13H14N2O6. The lowest BCUT2D eigenvalue weighted by Crippen LogP contribution is -2.43. The number of nitrogens with one attached hydrogen (secondary N) is 1. The molecule has 1 amide bonds. The summed E-state index contributed by atoms with van der Waals surface area (Å²) in [6.45, 7) is -0.725. The quantitative estimate of drug-likeness (QED) is 0.663. The lowest BCUT2D eigenvalue weighted by molar-refractivity contribution is -0.142. The van der Waals surface area contributed by atoms with Gasteiger partial charge in [-0.2, -0.15) is 0 Å². The molecule has 0 saturated heterocycles. The predicted molar refractivity (Wildman–Crippen MR) is 71.7 cm³/mol. The van der Waals surface area contributed by atoms with Crippen LogP contribution in [0.3, 0.4) is 0 Å². The topological polar surface area (TPSA) is 122 Å². The zero-order valence-electron chi connectivity index (χ0n) is 11.0. The summed E-state index contributed by atoms with van der Waals surface area (Å²) in [6.07, 6.45) is -0.109. The third-order valence-electron chi connectivity index (χ3n) is 2.93. The van der Waals surface area contributed by atoms with Gasteiger partial charge >= 0.3 is 11.7 Å². The lowest BCUT2D eigenvalue weighted by atomic mass is 10.2. The number of oxazole rings is 1. The van der Waals surface area contributed by atoms with Crippen molar-refractivity contribution < 1.29 is 24.2 Å². The standard InChI is InChI=1S/C13H14N2O6/c16-6-5-8(12(18)19)14-11(17)7-15-9-3-1-2-4-10(9)21-13(15)20/h1-4,8,16H,5-7H2,(H,14,17)(H,18,19)/t8-/m0/s1. The van der Waals surface area contributed by atoms with E-state index < -0.39 is 23.7 Å². The molecule has 0 aliphatic heterocycles. The molecule has 3 N–H and O–H groups in total. The fraction of sp³-hybridized carbons (Fsp3) is 0.308. The number of aliphatic hydroxyl groups is 1. The molecule has 0 radical (unpaired) electrons. The average Bonchev–Trinajstić information content (AvgIpc) is 2.75. The van der Waals surface area contributed by atoms with E-state index >= 15 is 0 Å². The van der Waals surface area contributed by atoms with Gasteiger partial charge in [0.25, 0.3) is 0 Å². The summed E-state index contributed by atoms with van der Waals surface area (Å²) < 4.78 is 6.08. The Hall–Kier alpha value is -2.61. The number of fused-ring (bicyclic) bond motifs is 1. The van der Waals surface area contributed by atoms with E-state index in [2.05, 4.69) is 5.32 Å². The minimum atomic E-state index is -1.25. The molecule has 1 aromatic heterocycles. The van der Waals surface area contributed by atoms with Crippen LogP contribution in [0.1, 0.15) is 6.42 Å². The van der Waals surface area contributed by atoms with Crippen LogP contribution >= 0.6 is 0 Å². The smallest absolute Gasteiger partial charge is 0.420 e. The van der Waals surface area contributed by atoms with E-state index in [-0.39, 0.29) is 19.6 Å². The molecule has 0 spiro atoms. The number of carbonyl (C=O) groups excluding carboxylic acids is 1. The number of hydrogen-bond donors (Lipinski definition) is 3. The van der Waals surface area contributed by atoms with Crippen molar-refractivity contribution in [2.45, 2.75) is 19.0 Å². The van der Waals surface area contributed by atoms with E-state index in [1.54, 1.807) is 24.3 Å². The van der Waals surface area contributed by atoms with Gasteiger partial charge in [0.1, 0.15) is 12.6 Å². The molecule has 8 nitrogen and oxygen atoms in total. The van der Waals surface area contributed by atoms with Crippen molar-refractivity contribution in [2.75, 3.05) is 6.61 Å². The molecule has 0 saturated carbocycles. The molecule has 0 aliphatic carbocycles. The van der Waals surface area contributed by atoms with Crippen molar-refractivity contribution in [1.29, 1.82) is 0 Å². The Balaban J connectivity index is 2.16. The number of amides is 1. The van der Waals surface area contributed by atoms with Crippen LogP contribution < -0.4 is 11.1 Å². The van der Waals surface area contributed by atoms with E-state index in [1.165, 1.54) is 0 Å². The van der Waals surface area contributed by atoms with Crippen molar-refractivity contribution >= 4 is 23.0 Å². The minimum Gasteiger partial charge on any atom is -0.480 e. The number of carbonyl (C=O) groups is 2. The van der Waals surface area contributed by atoms with Gasteiger partial charge in [0.05, 0.1) is 5.52 Å². The van der Waals surface area contributed by atoms with Gasteiger partial charge in [0.2, 0.25) is 5.91 Å². The SMILES string of the molecule is O=C(Cn1c(=O)oc2ccccc21)N[C@@H](CCO)C(=O)O. The summed E-state index contributed by atoms with van der Waals surface area (Å²) in [5.74, 6) is -2.59. The minimum absolute atomic E-state index is 0.109. The van der Waals surface area contributed by atoms with Crippen LogP contribution in [0, 0.1) is 0 Å². The number of rotatable bonds is 6. The van der Waals surface area contributed by atoms with Crippen LogP contribution in [0.5, 0.6) is 0 Å². The first-order chi connectivity index (χ1) is 10.0. The van der Waals surface area contributed by atoms with Gasteiger partial charge in [0, 0.05) is 13.0 Å². The maximum Gasteiger partial charge on any atom is 0.420 e. The molecule has 1 aromatic carbocycles. The Morgan fingerprint density at radius 1 is 1.33 bits per heavy atom. The van der Waals surface area contributed by atoms with Gasteiger partial charge in [0.15, 0.2) is 5.58 Å². The van der Waals surface area contributed by atoms with Crippen molar-refractivity contribution in [2.24, 2.45) is 0 Å². The summed E-state index contributed by atoms with van der Waals surface area (Å²) >= 11 is 0. The molecule has 21 heavy (non-hydrogen) atoms. The molecule has 8 heteroatoms. The second kappa shape index (κ2) is 6.23. The summed E-state index contributed by atoms with van der Waals surface area (Å²) in [4.78, 5) is 34.4. The van der Waals surface area contributed by atoms with Crippen molar-refractivity contribution in [3.05, 3.63) is 34.8 Å². The van der Waals surface area contributed by atoms with Crippen LogP contribution in [0.4, 0.5) is 0 Å². The first kappa shape index (κ1) is 14.8. The molecule has 0 aliphatic rings. The Labute approximate surface area is 118 Å². The molecule has 2 rings (SSSR count). The molecule has 0 bridgehead atoms. The van der Waals surface area contributed by atoms with Crippen molar-refractivity contribution in [3.63, 3.8) is 0 Å². The Morgan fingerprint density at radius 2 is 2.05 bits per heavy atom. The molecule has 1 heterocycles. The third-order valence-corrected chi connectivity index (χ3v) is 2.93. The number of benzene rings is 1. The van der Waals surface area contributed by atoms with E-state index in [1.807, 2.05) is 0 Å². The van der Waals surface area contributed by atoms with E-state index in [0.717, 1.165) is 4.57 Å². The molecule has 0 fully saturated rings. The molecular weight excluding hydrogens is 280 g/mol. The summed E-state index contributed by atoms with van der Waals surface area (Å²) in [5, 5.41) is 19.9. The van der Waals surface area contributed by atoms with Crippen molar-refractivity contribution in [1.82, 2.24) is 9.88 Å². The fourth-order valence-electron chi connectivity index (χ4n) is 1.93. The van der Waals surface area contributed by atoms with Gasteiger partial charge in [-0.1, -0.05) is 12.1 Å². The molecule has 112 valence electrons. The van der Waals surface area contributed by atoms with Crippen LogP contribution in [-0.2, 0) is 16.1 Å². The Bertz CT molecular complexity index is 717. The van der Waals surface area contributed by atoms with Crippen LogP contribution in [0.15, 0.2) is 33.5 Å². The summed E-state index contributed by atoms with van der Waals surface area (Å²) in [5.41, 5.74) is 0.798. The van der Waals surface area contributed by atoms with Gasteiger partial charge in [-0.25, -0.2) is 9.59 Å². The maximum atomic E-state index is 11.8. The zero-order valence-corrected chi connectivity index (χ0v) is 11.0. The van der Waals surface area contributed by atoms with Gasteiger partial charge in [-0.05, 0) is 12.1 Å². The molecule has 1 atom stereocenters. The number of carboxylic acids is 1. The largest absolute Gasteiger partial charge is 0.480 e. The third kappa shape index (κ3) is 3.29. The number of aliphatic hydroxyl groups excluding tert-OH is 1. The van der Waals surface area contributed by atoms with Crippen LogP contribution in [0.2, 0.25) is 0 Å². The number of aliphatic carboxylic acids is 1. The van der Waals surface area contributed by atoms with E-state index in [9.17, 15) is 14.4 Å². The van der Waals surface area contributed by atoms with E-state index in [4.69, 9.17) is 14.6 Å². The summed E-state index contributed by atoms with van der Waals surface area (Å²) in [6, 6.07) is 5.40. The van der Waals surface area contributed by atoms with Crippen LogP contribution in [-0.4, -0.2) is 39.3 Å². The number of carboxylic acid groups (broad SMARTS) is 1. The van der Waals surface area contributed by atoms with Crippen LogP contribution in [0.25, 0.3) is 11.1 Å². The zero-order chi connectivity index (χ0) is 15.4. The highest BCUT2D eigenvalue weighted by atomic mass is 16.4. The Morgan fingerprint density at radius 3 is 2.71 bits per heavy atom. The lowest BCUT2D eigenvalue weighted by Gasteiger charge is -2.13. The fourth-order valence-corrected chi connectivity index (χ4v) is 1.93. The number of hydrogen-bond acceptors (Lipinski definition) is 5. The second-order valence-electron chi connectivity index (χ2n) is 4.39. The first-order valence-corrected chi connectivity index (χ1v) is 6.24. The van der Waals surface area contributed by atoms with Crippen molar-refractivity contribution in [3.8, 4) is 0 Å². The number of nitrogens with zero attached hydrogens (tertiary/aromatic N) is 1. The Kier molecular flexibility index (Phi) is 4.39. The monoisotopic (exact) mass is 294 g/mol. The first-order valence-electron chi connectivity index (χ1n) is 6.24. The van der Waals surface area contributed by atoms with Gasteiger partial charge in [-0.3, -0.25) is 9.36 Å². The summed E-state index contributed by atoms with van der Waals surface area (Å²) in [7, 11) is 0. The number of aromatic nitrogens is 1. The van der Waals surface area contributed by atoms with Gasteiger partial charge in [-0.15, -0.1) is 0 Å². The average molecular weight is 294 g/mol. The molecule has 2 aromatic rings. The van der Waals surface area contributed by atoms with E-state index in [0.29, 0.717) is 11.1 Å². The molecule has 0 unspecified atom stereocenters. The number of para-hydroxylation sites is 2. The normalized spacial score (nSPS) is 12.2.